The van der Waals surface area contributed by atoms with Crippen LogP contribution in [0.5, 0.6) is 0 Å². The van der Waals surface area contributed by atoms with Crippen LogP contribution >= 0.6 is 0 Å². The number of amides is 1. The van der Waals surface area contributed by atoms with Crippen LogP contribution in [0.25, 0.3) is 0 Å². The minimum Gasteiger partial charge on any atom is -0.445 e. The lowest BCUT2D eigenvalue weighted by molar-refractivity contribution is 0.150. The van der Waals surface area contributed by atoms with Crippen molar-refractivity contribution in [2.45, 2.75) is 38.7 Å². The first-order valence-electron chi connectivity index (χ1n) is 5.75. The Labute approximate surface area is 96.6 Å². The minimum atomic E-state index is -0.742. The lowest BCUT2D eigenvalue weighted by atomic mass is 10.2. The highest BCUT2D eigenvalue weighted by Gasteiger charge is 1.95. The number of hydrogen-bond donors (Lipinski definition) is 1. The maximum atomic E-state index is 10.2. The fourth-order valence-corrected chi connectivity index (χ4v) is 1.61. The van der Waals surface area contributed by atoms with Crippen molar-refractivity contribution in [2.24, 2.45) is 5.73 Å². The van der Waals surface area contributed by atoms with Crippen LogP contribution in [0.3, 0.4) is 0 Å². The molecular weight excluding hydrogens is 202 g/mol. The molecule has 1 aromatic rings. The Morgan fingerprint density at radius 2 is 1.56 bits per heavy atom. The first-order valence-corrected chi connectivity index (χ1v) is 5.75. The number of carbonyl (C=O) groups excluding carboxylic acids is 1. The van der Waals surface area contributed by atoms with Gasteiger partial charge in [-0.05, 0) is 5.56 Å². The van der Waals surface area contributed by atoms with Gasteiger partial charge >= 0.3 is 6.09 Å². The quantitative estimate of drug-likeness (QED) is 0.833. The number of nitrogens with two attached hydrogens (primary N) is 1. The largest absolute Gasteiger partial charge is 0.445 e. The van der Waals surface area contributed by atoms with Crippen LogP contribution in [0, 0.1) is 0 Å². The van der Waals surface area contributed by atoms with Crippen LogP contribution in [0.4, 0.5) is 4.79 Å². The van der Waals surface area contributed by atoms with E-state index in [1.54, 1.807) is 0 Å². The first-order chi connectivity index (χ1) is 7.79. The second kappa shape index (κ2) is 7.74. The highest BCUT2D eigenvalue weighted by Crippen LogP contribution is 2.15. The highest BCUT2D eigenvalue weighted by molar-refractivity contribution is 5.64. The Hall–Kier alpha value is -1.51. The van der Waals surface area contributed by atoms with Crippen molar-refractivity contribution >= 4 is 6.09 Å². The van der Waals surface area contributed by atoms with Crippen molar-refractivity contribution in [3.8, 4) is 0 Å². The van der Waals surface area contributed by atoms with Crippen molar-refractivity contribution in [3.05, 3.63) is 35.9 Å². The zero-order chi connectivity index (χ0) is 11.6. The van der Waals surface area contributed by atoms with Gasteiger partial charge in [-0.25, -0.2) is 4.79 Å². The number of hydrogen-bond acceptors (Lipinski definition) is 2. The van der Waals surface area contributed by atoms with Crippen molar-refractivity contribution < 1.29 is 9.53 Å². The molecule has 1 aliphatic carbocycles. The standard InChI is InChI=1S/C8H9NO2.C5H10/c9-8(10)11-6-7-4-2-1-3-5-7;1-2-4-5-3-1/h1-5H,6H2,(H2,9,10);1-5H2. The number of benzene rings is 1. The summed E-state index contributed by atoms with van der Waals surface area (Å²) in [5.41, 5.74) is 5.72. The topological polar surface area (TPSA) is 52.3 Å². The maximum Gasteiger partial charge on any atom is 0.404 e. The smallest absolute Gasteiger partial charge is 0.404 e. The number of ether oxygens (including phenoxy) is 1. The third kappa shape index (κ3) is 6.06. The molecule has 0 bridgehead atoms. The second-order valence-electron chi connectivity index (χ2n) is 3.86. The summed E-state index contributed by atoms with van der Waals surface area (Å²) in [6.07, 6.45) is 6.76. The molecule has 0 radical (unpaired) electrons. The van der Waals surface area contributed by atoms with Gasteiger partial charge in [0.15, 0.2) is 0 Å². The van der Waals surface area contributed by atoms with E-state index in [1.807, 2.05) is 30.3 Å². The molecule has 0 heterocycles. The van der Waals surface area contributed by atoms with E-state index in [1.165, 1.54) is 32.1 Å². The van der Waals surface area contributed by atoms with Gasteiger partial charge in [0.25, 0.3) is 0 Å². The van der Waals surface area contributed by atoms with E-state index in [4.69, 9.17) is 5.73 Å². The van der Waals surface area contributed by atoms with E-state index < -0.39 is 6.09 Å². The minimum absolute atomic E-state index is 0.246. The SMILES string of the molecule is C1CCCC1.NC(=O)OCc1ccccc1. The molecule has 0 aliphatic heterocycles. The molecule has 3 nitrogen and oxygen atoms in total. The van der Waals surface area contributed by atoms with E-state index in [0.29, 0.717) is 0 Å². The summed E-state index contributed by atoms with van der Waals surface area (Å²) in [6, 6.07) is 9.37. The van der Waals surface area contributed by atoms with Gasteiger partial charge in [0, 0.05) is 0 Å². The van der Waals surface area contributed by atoms with Crippen LogP contribution in [0.15, 0.2) is 30.3 Å². The van der Waals surface area contributed by atoms with Crippen molar-refractivity contribution in [3.63, 3.8) is 0 Å². The molecule has 1 aromatic carbocycles. The lowest BCUT2D eigenvalue weighted by Crippen LogP contribution is -2.12. The Morgan fingerprint density at radius 3 is 2.00 bits per heavy atom. The average molecular weight is 221 g/mol. The molecule has 16 heavy (non-hydrogen) atoms. The van der Waals surface area contributed by atoms with Crippen LogP contribution in [0.2, 0.25) is 0 Å². The molecule has 0 spiro atoms. The molecule has 0 atom stereocenters. The van der Waals surface area contributed by atoms with Gasteiger partial charge in [0.05, 0.1) is 0 Å². The van der Waals surface area contributed by atoms with Crippen molar-refractivity contribution in [2.75, 3.05) is 0 Å². The predicted octanol–water partition coefficient (Wildman–Crippen LogP) is 3.23. The van der Waals surface area contributed by atoms with E-state index in [9.17, 15) is 4.79 Å². The summed E-state index contributed by atoms with van der Waals surface area (Å²) in [7, 11) is 0. The van der Waals surface area contributed by atoms with Crippen molar-refractivity contribution in [1.82, 2.24) is 0 Å². The molecule has 1 aliphatic rings. The average Bonchev–Trinajstić information content (AvgIpc) is 2.86. The van der Waals surface area contributed by atoms with Gasteiger partial charge in [0.1, 0.15) is 6.61 Å². The Morgan fingerprint density at radius 1 is 1.06 bits per heavy atom. The summed E-state index contributed by atoms with van der Waals surface area (Å²) >= 11 is 0. The molecule has 3 heteroatoms. The van der Waals surface area contributed by atoms with Crippen LogP contribution in [-0.4, -0.2) is 6.09 Å². The lowest BCUT2D eigenvalue weighted by Gasteiger charge is -1.99. The van der Waals surface area contributed by atoms with Gasteiger partial charge in [-0.1, -0.05) is 62.4 Å². The fourth-order valence-electron chi connectivity index (χ4n) is 1.61. The molecule has 0 unspecified atom stereocenters. The van der Waals surface area contributed by atoms with Crippen LogP contribution < -0.4 is 5.73 Å². The summed E-state index contributed by atoms with van der Waals surface area (Å²) in [5, 5.41) is 0. The molecular formula is C13H19NO2. The number of rotatable bonds is 2. The van der Waals surface area contributed by atoms with Gasteiger partial charge < -0.3 is 10.5 Å². The first kappa shape index (κ1) is 12.6. The molecule has 1 amide bonds. The predicted molar refractivity (Wildman–Crippen MR) is 63.9 cm³/mol. The van der Waals surface area contributed by atoms with E-state index in [0.717, 1.165) is 5.56 Å². The third-order valence-corrected chi connectivity index (χ3v) is 2.47. The van der Waals surface area contributed by atoms with E-state index in [2.05, 4.69) is 4.74 Å². The summed E-state index contributed by atoms with van der Waals surface area (Å²) in [6.45, 7) is 0.246. The number of carbonyl (C=O) groups is 1. The fraction of sp³-hybridized carbons (Fsp3) is 0.462. The van der Waals surface area contributed by atoms with Gasteiger partial charge in [0.2, 0.25) is 0 Å². The molecule has 2 rings (SSSR count). The normalized spacial score (nSPS) is 13.8. The van der Waals surface area contributed by atoms with Gasteiger partial charge in [-0.15, -0.1) is 0 Å². The maximum absolute atomic E-state index is 10.2. The zero-order valence-corrected chi connectivity index (χ0v) is 9.52. The summed E-state index contributed by atoms with van der Waals surface area (Å²) in [4.78, 5) is 10.2. The van der Waals surface area contributed by atoms with Crippen LogP contribution in [0.1, 0.15) is 37.7 Å². The van der Waals surface area contributed by atoms with Gasteiger partial charge in [-0.2, -0.15) is 0 Å². The van der Waals surface area contributed by atoms with Gasteiger partial charge in [-0.3, -0.25) is 0 Å². The molecule has 0 saturated heterocycles. The highest BCUT2D eigenvalue weighted by atomic mass is 16.5. The molecule has 88 valence electrons. The Balaban J connectivity index is 0.000000212. The molecule has 2 N–H and O–H groups in total. The third-order valence-electron chi connectivity index (χ3n) is 2.47. The van der Waals surface area contributed by atoms with E-state index >= 15 is 0 Å². The number of primary amides is 1. The second-order valence-corrected chi connectivity index (χ2v) is 3.86. The Kier molecular flexibility index (Phi) is 6.07. The molecule has 1 saturated carbocycles. The molecule has 0 aromatic heterocycles. The Bertz CT molecular complexity index is 286. The monoisotopic (exact) mass is 221 g/mol. The summed E-state index contributed by atoms with van der Waals surface area (Å²) < 4.78 is 4.57. The van der Waals surface area contributed by atoms with E-state index in [-0.39, 0.29) is 6.61 Å². The van der Waals surface area contributed by atoms with Crippen LogP contribution in [-0.2, 0) is 11.3 Å². The van der Waals surface area contributed by atoms with Crippen molar-refractivity contribution in [1.29, 1.82) is 0 Å². The molecule has 1 fully saturated rings. The summed E-state index contributed by atoms with van der Waals surface area (Å²) in [5.74, 6) is 0. The zero-order valence-electron chi connectivity index (χ0n) is 9.52.